The Hall–Kier alpha value is -2.73. The first kappa shape index (κ1) is 20.6. The molecule has 0 radical (unpaired) electrons. The van der Waals surface area contributed by atoms with Crippen molar-refractivity contribution in [3.63, 3.8) is 0 Å². The molecule has 0 saturated heterocycles. The Morgan fingerprint density at radius 3 is 2.11 bits per heavy atom. The molecular weight excluding hydrogens is 368 g/mol. The van der Waals surface area contributed by atoms with Crippen LogP contribution in [0.1, 0.15) is 13.8 Å². The highest BCUT2D eigenvalue weighted by atomic mass is 35.5. The molecule has 0 atom stereocenters. The third-order valence-electron chi connectivity index (χ3n) is 3.71. The van der Waals surface area contributed by atoms with E-state index in [0.717, 1.165) is 0 Å². The van der Waals surface area contributed by atoms with E-state index in [2.05, 4.69) is 5.32 Å². The van der Waals surface area contributed by atoms with E-state index in [0.29, 0.717) is 22.2 Å². The molecule has 0 spiro atoms. The maximum atomic E-state index is 12.5. The van der Waals surface area contributed by atoms with E-state index < -0.39 is 5.60 Å². The zero-order valence-electron chi connectivity index (χ0n) is 15.8. The van der Waals surface area contributed by atoms with Gasteiger partial charge in [-0.2, -0.15) is 0 Å². The molecule has 0 fully saturated rings. The van der Waals surface area contributed by atoms with Gasteiger partial charge in [-0.15, -0.1) is 0 Å². The molecule has 27 heavy (non-hydrogen) atoms. The zero-order valence-corrected chi connectivity index (χ0v) is 16.5. The van der Waals surface area contributed by atoms with Crippen LogP contribution in [-0.2, 0) is 9.59 Å². The summed E-state index contributed by atoms with van der Waals surface area (Å²) in [6, 6.07) is 13.6. The molecule has 1 N–H and O–H groups in total. The minimum atomic E-state index is -1.08. The molecule has 0 aliphatic heterocycles. The Balaban J connectivity index is 1.94. The van der Waals surface area contributed by atoms with Crippen molar-refractivity contribution in [3.8, 4) is 11.5 Å². The smallest absolute Gasteiger partial charge is 0.267 e. The van der Waals surface area contributed by atoms with Crippen LogP contribution < -0.4 is 14.8 Å². The van der Waals surface area contributed by atoms with Crippen LogP contribution in [0.4, 0.5) is 5.69 Å². The predicted molar refractivity (Wildman–Crippen MR) is 105 cm³/mol. The van der Waals surface area contributed by atoms with Crippen LogP contribution in [0.3, 0.4) is 0 Å². The van der Waals surface area contributed by atoms with Gasteiger partial charge in [-0.25, -0.2) is 0 Å². The average molecular weight is 391 g/mol. The fraction of sp³-hybridized carbons (Fsp3) is 0.300. The number of anilines is 1. The number of amides is 2. The summed E-state index contributed by atoms with van der Waals surface area (Å²) in [5, 5.41) is 3.40. The molecule has 0 unspecified atom stereocenters. The van der Waals surface area contributed by atoms with Gasteiger partial charge in [0.25, 0.3) is 11.8 Å². The molecule has 144 valence electrons. The second kappa shape index (κ2) is 8.77. The number of halogens is 1. The second-order valence-corrected chi connectivity index (χ2v) is 7.06. The van der Waals surface area contributed by atoms with E-state index in [1.54, 1.807) is 76.5 Å². The molecular formula is C20H23ClN2O4. The van der Waals surface area contributed by atoms with E-state index >= 15 is 0 Å². The molecule has 0 bridgehead atoms. The van der Waals surface area contributed by atoms with E-state index in [1.807, 2.05) is 0 Å². The summed E-state index contributed by atoms with van der Waals surface area (Å²) >= 11 is 5.85. The molecule has 2 amide bonds. The van der Waals surface area contributed by atoms with Gasteiger partial charge in [0.2, 0.25) is 0 Å². The first-order valence-corrected chi connectivity index (χ1v) is 8.74. The van der Waals surface area contributed by atoms with Crippen LogP contribution in [0.2, 0.25) is 5.02 Å². The quantitative estimate of drug-likeness (QED) is 0.784. The topological polar surface area (TPSA) is 67.9 Å². The van der Waals surface area contributed by atoms with Gasteiger partial charge in [0.05, 0.1) is 0 Å². The third kappa shape index (κ3) is 6.18. The van der Waals surface area contributed by atoms with Crippen LogP contribution in [0.25, 0.3) is 0 Å². The lowest BCUT2D eigenvalue weighted by molar-refractivity contribution is -0.130. The number of nitrogens with one attached hydrogen (secondary N) is 1. The van der Waals surface area contributed by atoms with Gasteiger partial charge in [-0.1, -0.05) is 11.6 Å². The molecule has 0 aliphatic rings. The summed E-state index contributed by atoms with van der Waals surface area (Å²) in [7, 11) is 3.33. The summed E-state index contributed by atoms with van der Waals surface area (Å²) in [6.07, 6.45) is 0. The largest absolute Gasteiger partial charge is 0.484 e. The number of carbonyl (C=O) groups is 2. The van der Waals surface area contributed by atoms with Crippen LogP contribution in [0.15, 0.2) is 48.5 Å². The van der Waals surface area contributed by atoms with E-state index in [4.69, 9.17) is 21.1 Å². The Bertz CT molecular complexity index is 787. The van der Waals surface area contributed by atoms with Crippen molar-refractivity contribution in [1.29, 1.82) is 0 Å². The third-order valence-corrected chi connectivity index (χ3v) is 3.96. The van der Waals surface area contributed by atoms with Crippen LogP contribution in [0, 0.1) is 0 Å². The maximum Gasteiger partial charge on any atom is 0.267 e. The summed E-state index contributed by atoms with van der Waals surface area (Å²) in [6.45, 7) is 3.32. The highest BCUT2D eigenvalue weighted by molar-refractivity contribution is 6.30. The van der Waals surface area contributed by atoms with Crippen molar-refractivity contribution >= 4 is 29.1 Å². The van der Waals surface area contributed by atoms with Crippen molar-refractivity contribution in [2.24, 2.45) is 0 Å². The Morgan fingerprint density at radius 1 is 1.00 bits per heavy atom. The lowest BCUT2D eigenvalue weighted by Crippen LogP contribution is -2.42. The number of hydrogen-bond donors (Lipinski definition) is 1. The monoisotopic (exact) mass is 390 g/mol. The predicted octanol–water partition coefficient (Wildman–Crippen LogP) is 3.60. The van der Waals surface area contributed by atoms with Gasteiger partial charge in [-0.05, 0) is 62.4 Å². The van der Waals surface area contributed by atoms with Crippen molar-refractivity contribution in [2.75, 3.05) is 26.0 Å². The van der Waals surface area contributed by atoms with Gasteiger partial charge in [0.1, 0.15) is 11.5 Å². The van der Waals surface area contributed by atoms with Gasteiger partial charge >= 0.3 is 0 Å². The van der Waals surface area contributed by atoms with Crippen LogP contribution in [-0.4, -0.2) is 43.0 Å². The number of nitrogens with zero attached hydrogens (tertiary/aromatic N) is 1. The number of carbonyl (C=O) groups excluding carboxylic acids is 2. The van der Waals surface area contributed by atoms with Gasteiger partial charge in [0, 0.05) is 24.8 Å². The summed E-state index contributed by atoms with van der Waals surface area (Å²) in [5.41, 5.74) is -0.486. The number of hydrogen-bond acceptors (Lipinski definition) is 4. The molecule has 2 rings (SSSR count). The molecule has 2 aromatic carbocycles. The molecule has 0 saturated carbocycles. The average Bonchev–Trinajstić information content (AvgIpc) is 2.62. The highest BCUT2D eigenvalue weighted by Gasteiger charge is 2.30. The first-order chi connectivity index (χ1) is 12.7. The highest BCUT2D eigenvalue weighted by Crippen LogP contribution is 2.23. The summed E-state index contributed by atoms with van der Waals surface area (Å²) < 4.78 is 11.2. The van der Waals surface area contributed by atoms with E-state index in [1.165, 1.54) is 4.90 Å². The fourth-order valence-corrected chi connectivity index (χ4v) is 2.16. The number of ether oxygens (including phenoxy) is 2. The van der Waals surface area contributed by atoms with E-state index in [9.17, 15) is 9.59 Å². The second-order valence-electron chi connectivity index (χ2n) is 6.62. The first-order valence-electron chi connectivity index (χ1n) is 8.36. The normalized spacial score (nSPS) is 10.9. The van der Waals surface area contributed by atoms with Gasteiger partial charge < -0.3 is 19.7 Å². The standard InChI is InChI=1S/C20H23ClN2O4/c1-20(2,27-17-9-5-14(21)6-10-17)19(25)22-15-7-11-16(12-8-15)26-13-18(24)23(3)4/h5-12H,13H2,1-4H3,(H,22,25). The molecule has 0 aliphatic carbocycles. The number of benzene rings is 2. The van der Waals surface area contributed by atoms with Gasteiger partial charge in [0.15, 0.2) is 12.2 Å². The molecule has 0 aromatic heterocycles. The molecule has 7 heteroatoms. The lowest BCUT2D eigenvalue weighted by Gasteiger charge is -2.25. The van der Waals surface area contributed by atoms with Crippen molar-refractivity contribution in [2.45, 2.75) is 19.4 Å². The fourth-order valence-electron chi connectivity index (χ4n) is 2.03. The summed E-state index contributed by atoms with van der Waals surface area (Å²) in [4.78, 5) is 25.5. The Morgan fingerprint density at radius 2 is 1.56 bits per heavy atom. The zero-order chi connectivity index (χ0) is 20.0. The van der Waals surface area contributed by atoms with Crippen molar-refractivity contribution < 1.29 is 19.1 Å². The number of likely N-dealkylation sites (N-methyl/N-ethyl adjacent to an activating group) is 1. The van der Waals surface area contributed by atoms with Crippen LogP contribution >= 0.6 is 11.6 Å². The minimum absolute atomic E-state index is 0.0410. The Kier molecular flexibility index (Phi) is 6.69. The molecule has 0 heterocycles. The van der Waals surface area contributed by atoms with Crippen molar-refractivity contribution in [1.82, 2.24) is 4.90 Å². The van der Waals surface area contributed by atoms with E-state index in [-0.39, 0.29) is 18.4 Å². The number of rotatable bonds is 7. The lowest BCUT2D eigenvalue weighted by atomic mass is 10.1. The van der Waals surface area contributed by atoms with Crippen LogP contribution in [0.5, 0.6) is 11.5 Å². The van der Waals surface area contributed by atoms with Gasteiger partial charge in [-0.3, -0.25) is 9.59 Å². The van der Waals surface area contributed by atoms with Crippen molar-refractivity contribution in [3.05, 3.63) is 53.6 Å². The molecule has 6 nitrogen and oxygen atoms in total. The Labute approximate surface area is 164 Å². The summed E-state index contributed by atoms with van der Waals surface area (Å²) in [5.74, 6) is 0.663. The molecule has 2 aromatic rings. The maximum absolute atomic E-state index is 12.5. The minimum Gasteiger partial charge on any atom is -0.484 e. The SMILES string of the molecule is CN(C)C(=O)COc1ccc(NC(=O)C(C)(C)Oc2ccc(Cl)cc2)cc1.